The van der Waals surface area contributed by atoms with Crippen LogP contribution in [-0.2, 0) is 29.7 Å². The SMILES string of the molecule is CCCCOc1ccc(C(=O)N(CCCOCC)CC(=O)N(Cc2ccccc2)Cc2cccn2C)cc1. The van der Waals surface area contributed by atoms with E-state index in [1.807, 2.05) is 84.2 Å². The monoisotopic (exact) mass is 519 g/mol. The van der Waals surface area contributed by atoms with Crippen LogP contribution >= 0.6 is 0 Å². The van der Waals surface area contributed by atoms with E-state index in [-0.39, 0.29) is 18.4 Å². The topological polar surface area (TPSA) is 64.0 Å². The molecule has 7 nitrogen and oxygen atoms in total. The van der Waals surface area contributed by atoms with Crippen molar-refractivity contribution in [1.82, 2.24) is 14.4 Å². The summed E-state index contributed by atoms with van der Waals surface area (Å²) < 4.78 is 13.2. The van der Waals surface area contributed by atoms with E-state index >= 15 is 0 Å². The smallest absolute Gasteiger partial charge is 0.254 e. The zero-order chi connectivity index (χ0) is 27.2. The van der Waals surface area contributed by atoms with E-state index in [2.05, 4.69) is 6.92 Å². The van der Waals surface area contributed by atoms with Crippen LogP contribution in [0.25, 0.3) is 0 Å². The minimum absolute atomic E-state index is 0.00301. The Labute approximate surface area is 227 Å². The molecule has 0 saturated heterocycles. The first-order valence-corrected chi connectivity index (χ1v) is 13.5. The van der Waals surface area contributed by atoms with Crippen LogP contribution in [0.15, 0.2) is 72.9 Å². The molecule has 0 radical (unpaired) electrons. The van der Waals surface area contributed by atoms with Crippen LogP contribution in [0.4, 0.5) is 0 Å². The van der Waals surface area contributed by atoms with Gasteiger partial charge in [-0.3, -0.25) is 9.59 Å². The average molecular weight is 520 g/mol. The van der Waals surface area contributed by atoms with Crippen LogP contribution in [0, 0.1) is 0 Å². The number of carbonyl (C=O) groups is 2. The maximum absolute atomic E-state index is 13.7. The predicted molar refractivity (Wildman–Crippen MR) is 150 cm³/mol. The molecule has 0 unspecified atom stereocenters. The van der Waals surface area contributed by atoms with E-state index in [0.717, 1.165) is 29.8 Å². The molecule has 0 N–H and O–H groups in total. The maximum Gasteiger partial charge on any atom is 0.254 e. The summed E-state index contributed by atoms with van der Waals surface area (Å²) in [6.07, 6.45) is 4.67. The molecule has 1 aromatic heterocycles. The van der Waals surface area contributed by atoms with Crippen LogP contribution in [0.1, 0.15) is 54.7 Å². The predicted octanol–water partition coefficient (Wildman–Crippen LogP) is 5.30. The van der Waals surface area contributed by atoms with E-state index in [0.29, 0.717) is 51.4 Å². The first-order valence-electron chi connectivity index (χ1n) is 13.5. The zero-order valence-electron chi connectivity index (χ0n) is 23.0. The molecule has 0 aliphatic heterocycles. The van der Waals surface area contributed by atoms with Crippen molar-refractivity contribution in [3.8, 4) is 5.75 Å². The lowest BCUT2D eigenvalue weighted by Gasteiger charge is -2.28. The van der Waals surface area contributed by atoms with Crippen LogP contribution in [0.3, 0.4) is 0 Å². The van der Waals surface area contributed by atoms with Gasteiger partial charge in [0.05, 0.1) is 13.2 Å². The highest BCUT2D eigenvalue weighted by molar-refractivity contribution is 5.96. The Morgan fingerprint density at radius 2 is 1.61 bits per heavy atom. The highest BCUT2D eigenvalue weighted by Crippen LogP contribution is 2.16. The Bertz CT molecular complexity index is 1110. The Morgan fingerprint density at radius 3 is 2.26 bits per heavy atom. The summed E-state index contributed by atoms with van der Waals surface area (Å²) in [6.45, 7) is 7.23. The second-order valence-corrected chi connectivity index (χ2v) is 9.35. The van der Waals surface area contributed by atoms with Gasteiger partial charge in [-0.1, -0.05) is 43.7 Å². The Balaban J connectivity index is 1.76. The lowest BCUT2D eigenvalue weighted by Crippen LogP contribution is -2.43. The van der Waals surface area contributed by atoms with Crippen molar-refractivity contribution >= 4 is 11.8 Å². The number of unbranched alkanes of at least 4 members (excludes halogenated alkanes) is 1. The van der Waals surface area contributed by atoms with Crippen LogP contribution in [-0.4, -0.2) is 59.1 Å². The van der Waals surface area contributed by atoms with Crippen molar-refractivity contribution in [1.29, 1.82) is 0 Å². The Hall–Kier alpha value is -3.58. The number of ether oxygens (including phenoxy) is 2. The normalized spacial score (nSPS) is 10.8. The molecule has 3 rings (SSSR count). The van der Waals surface area contributed by atoms with E-state index in [1.54, 1.807) is 17.0 Å². The van der Waals surface area contributed by atoms with Crippen molar-refractivity contribution in [3.05, 3.63) is 89.7 Å². The van der Waals surface area contributed by atoms with Gasteiger partial charge >= 0.3 is 0 Å². The van der Waals surface area contributed by atoms with E-state index in [4.69, 9.17) is 9.47 Å². The van der Waals surface area contributed by atoms with E-state index in [1.165, 1.54) is 0 Å². The Morgan fingerprint density at radius 1 is 0.842 bits per heavy atom. The number of benzene rings is 2. The summed E-state index contributed by atoms with van der Waals surface area (Å²) in [7, 11) is 1.97. The van der Waals surface area contributed by atoms with Crippen molar-refractivity contribution in [2.45, 2.75) is 46.2 Å². The number of carbonyl (C=O) groups excluding carboxylic acids is 2. The van der Waals surface area contributed by atoms with Gasteiger partial charge in [-0.15, -0.1) is 0 Å². The summed E-state index contributed by atoms with van der Waals surface area (Å²) in [6, 6.07) is 21.1. The van der Waals surface area contributed by atoms with Gasteiger partial charge in [-0.05, 0) is 61.7 Å². The number of aryl methyl sites for hydroxylation is 1. The molecule has 0 aliphatic rings. The summed E-state index contributed by atoms with van der Waals surface area (Å²) in [5.74, 6) is 0.471. The van der Waals surface area contributed by atoms with Gasteiger partial charge in [0.1, 0.15) is 12.3 Å². The van der Waals surface area contributed by atoms with Gasteiger partial charge in [-0.2, -0.15) is 0 Å². The summed E-state index contributed by atoms with van der Waals surface area (Å²) in [5.41, 5.74) is 2.61. The minimum Gasteiger partial charge on any atom is -0.494 e. The van der Waals surface area contributed by atoms with Gasteiger partial charge in [-0.25, -0.2) is 0 Å². The molecule has 0 atom stereocenters. The maximum atomic E-state index is 13.7. The number of hydrogen-bond acceptors (Lipinski definition) is 4. The van der Waals surface area contributed by atoms with Crippen molar-refractivity contribution in [2.75, 3.05) is 32.9 Å². The lowest BCUT2D eigenvalue weighted by molar-refractivity contribution is -0.133. The van der Waals surface area contributed by atoms with Crippen molar-refractivity contribution in [3.63, 3.8) is 0 Å². The highest BCUT2D eigenvalue weighted by atomic mass is 16.5. The first kappa shape index (κ1) is 29.0. The number of amides is 2. The fourth-order valence-corrected chi connectivity index (χ4v) is 4.12. The fourth-order valence-electron chi connectivity index (χ4n) is 4.12. The molecule has 38 heavy (non-hydrogen) atoms. The minimum atomic E-state index is -0.173. The molecule has 3 aromatic rings. The second kappa shape index (κ2) is 15.6. The Kier molecular flexibility index (Phi) is 11.9. The summed E-state index contributed by atoms with van der Waals surface area (Å²) >= 11 is 0. The fraction of sp³-hybridized carbons (Fsp3) is 0.419. The number of nitrogens with zero attached hydrogens (tertiary/aromatic N) is 3. The third kappa shape index (κ3) is 9.06. The molecule has 204 valence electrons. The molecule has 2 aromatic carbocycles. The number of rotatable bonds is 16. The molecule has 2 amide bonds. The third-order valence-electron chi connectivity index (χ3n) is 6.38. The number of hydrogen-bond donors (Lipinski definition) is 0. The zero-order valence-corrected chi connectivity index (χ0v) is 23.0. The lowest BCUT2D eigenvalue weighted by atomic mass is 10.1. The molecule has 0 spiro atoms. The molecule has 7 heteroatoms. The molecular formula is C31H41N3O4. The van der Waals surface area contributed by atoms with Crippen LogP contribution < -0.4 is 4.74 Å². The second-order valence-electron chi connectivity index (χ2n) is 9.35. The standard InChI is InChI=1S/C31H41N3O4/c1-4-6-22-38-29-17-15-27(16-18-29)31(36)33(20-11-21-37-5-2)25-30(35)34(23-26-12-8-7-9-13-26)24-28-14-10-19-32(28)3/h7-10,12-19H,4-6,11,20-25H2,1-3H3. The molecular weight excluding hydrogens is 478 g/mol. The third-order valence-corrected chi connectivity index (χ3v) is 6.38. The van der Waals surface area contributed by atoms with Crippen molar-refractivity contribution in [2.24, 2.45) is 7.05 Å². The molecule has 0 bridgehead atoms. The van der Waals surface area contributed by atoms with E-state index in [9.17, 15) is 9.59 Å². The molecule has 0 aliphatic carbocycles. The van der Waals surface area contributed by atoms with Gasteiger partial charge < -0.3 is 23.8 Å². The number of aromatic nitrogens is 1. The van der Waals surface area contributed by atoms with Gasteiger partial charge in [0, 0.05) is 50.8 Å². The summed E-state index contributed by atoms with van der Waals surface area (Å²) in [4.78, 5) is 30.7. The molecule has 0 saturated carbocycles. The van der Waals surface area contributed by atoms with Crippen molar-refractivity contribution < 1.29 is 19.1 Å². The highest BCUT2D eigenvalue weighted by Gasteiger charge is 2.23. The molecule has 1 heterocycles. The summed E-state index contributed by atoms with van der Waals surface area (Å²) in [5, 5.41) is 0. The van der Waals surface area contributed by atoms with Gasteiger partial charge in [0.25, 0.3) is 5.91 Å². The van der Waals surface area contributed by atoms with Crippen LogP contribution in [0.5, 0.6) is 5.75 Å². The van der Waals surface area contributed by atoms with Gasteiger partial charge in [0.2, 0.25) is 5.91 Å². The first-order chi connectivity index (χ1) is 18.5. The largest absolute Gasteiger partial charge is 0.494 e. The van der Waals surface area contributed by atoms with Gasteiger partial charge in [0.15, 0.2) is 0 Å². The quantitative estimate of drug-likeness (QED) is 0.241. The average Bonchev–Trinajstić information content (AvgIpc) is 3.34. The molecule has 0 fully saturated rings. The van der Waals surface area contributed by atoms with Crippen LogP contribution in [0.2, 0.25) is 0 Å². The van der Waals surface area contributed by atoms with E-state index < -0.39 is 0 Å².